The number of aryl methyl sites for hydroxylation is 1. The van der Waals surface area contributed by atoms with Gasteiger partial charge in [0.25, 0.3) is 0 Å². The lowest BCUT2D eigenvalue weighted by atomic mass is 10.3. The number of hydrogen-bond donors (Lipinski definition) is 1. The van der Waals surface area contributed by atoms with Crippen molar-refractivity contribution in [3.8, 4) is 0 Å². The van der Waals surface area contributed by atoms with E-state index in [0.717, 1.165) is 0 Å². The molecule has 0 amide bonds. The van der Waals surface area contributed by atoms with Gasteiger partial charge in [-0.15, -0.1) is 10.2 Å². The molecule has 0 unspecified atom stereocenters. The molecule has 0 spiro atoms. The van der Waals surface area contributed by atoms with Crippen LogP contribution in [-0.4, -0.2) is 45.6 Å². The van der Waals surface area contributed by atoms with Crippen molar-refractivity contribution in [2.24, 2.45) is 7.05 Å². The Morgan fingerprint density at radius 1 is 1.27 bits per heavy atom. The lowest BCUT2D eigenvalue weighted by molar-refractivity contribution is 0.0526. The molecule has 2 aromatic rings. The topological polar surface area (TPSA) is 108 Å². The van der Waals surface area contributed by atoms with E-state index in [4.69, 9.17) is 4.74 Å². The van der Waals surface area contributed by atoms with Crippen LogP contribution in [0.15, 0.2) is 18.3 Å². The third-order valence-corrected chi connectivity index (χ3v) is 2.74. The highest BCUT2D eigenvalue weighted by molar-refractivity contribution is 5.95. The molecule has 0 saturated carbocycles. The minimum atomic E-state index is -0.577. The van der Waals surface area contributed by atoms with Crippen LogP contribution in [0.2, 0.25) is 0 Å². The molecule has 22 heavy (non-hydrogen) atoms. The zero-order chi connectivity index (χ0) is 16.1. The van der Waals surface area contributed by atoms with Crippen molar-refractivity contribution in [2.75, 3.05) is 19.0 Å². The van der Waals surface area contributed by atoms with Crippen LogP contribution in [0, 0.1) is 0 Å². The summed E-state index contributed by atoms with van der Waals surface area (Å²) in [7, 11) is 2.93. The number of nitrogens with one attached hydrogen (secondary N) is 1. The highest BCUT2D eigenvalue weighted by atomic mass is 16.5. The molecule has 116 valence electrons. The Morgan fingerprint density at radius 2 is 2.05 bits per heavy atom. The van der Waals surface area contributed by atoms with Crippen LogP contribution in [0.1, 0.15) is 27.8 Å². The van der Waals surface area contributed by atoms with Crippen molar-refractivity contribution in [3.05, 3.63) is 29.6 Å². The molecular weight excluding hydrogens is 290 g/mol. The summed E-state index contributed by atoms with van der Waals surface area (Å²) in [5, 5.41) is 14.5. The van der Waals surface area contributed by atoms with E-state index in [1.807, 2.05) is 0 Å². The number of carbonyl (C=O) groups is 2. The van der Waals surface area contributed by atoms with Crippen LogP contribution < -0.4 is 5.32 Å². The highest BCUT2D eigenvalue weighted by Crippen LogP contribution is 2.19. The van der Waals surface area contributed by atoms with Crippen molar-refractivity contribution in [2.45, 2.75) is 6.92 Å². The fourth-order valence-electron chi connectivity index (χ4n) is 1.68. The number of esters is 2. The van der Waals surface area contributed by atoms with Gasteiger partial charge in [-0.3, -0.25) is 4.68 Å². The number of rotatable bonds is 5. The van der Waals surface area contributed by atoms with Gasteiger partial charge in [-0.25, -0.2) is 9.59 Å². The second-order valence-corrected chi connectivity index (χ2v) is 4.17. The third kappa shape index (κ3) is 3.19. The number of aromatic nitrogens is 4. The summed E-state index contributed by atoms with van der Waals surface area (Å²) in [6.07, 6.45) is 1.40. The van der Waals surface area contributed by atoms with Crippen LogP contribution in [0.3, 0.4) is 0 Å². The molecule has 0 atom stereocenters. The second kappa shape index (κ2) is 6.66. The molecular formula is C13H15N5O4. The first-order chi connectivity index (χ1) is 10.6. The molecule has 9 heteroatoms. The second-order valence-electron chi connectivity index (χ2n) is 4.17. The first-order valence-electron chi connectivity index (χ1n) is 6.45. The molecule has 0 aliphatic carbocycles. The van der Waals surface area contributed by atoms with Crippen LogP contribution in [0.4, 0.5) is 11.6 Å². The Bertz CT molecular complexity index is 680. The zero-order valence-electron chi connectivity index (χ0n) is 12.4. The first kappa shape index (κ1) is 15.4. The zero-order valence-corrected chi connectivity index (χ0v) is 12.4. The van der Waals surface area contributed by atoms with Gasteiger partial charge in [-0.05, 0) is 19.1 Å². The molecule has 0 saturated heterocycles. The van der Waals surface area contributed by atoms with Gasteiger partial charge in [-0.1, -0.05) is 0 Å². The van der Waals surface area contributed by atoms with Gasteiger partial charge in [0, 0.05) is 7.05 Å². The van der Waals surface area contributed by atoms with Crippen molar-refractivity contribution in [1.29, 1.82) is 0 Å². The molecule has 0 radical (unpaired) electrons. The Kier molecular flexibility index (Phi) is 4.66. The number of anilines is 2. The maximum atomic E-state index is 11.8. The number of hydrogen-bond acceptors (Lipinski definition) is 8. The maximum Gasteiger partial charge on any atom is 0.358 e. The van der Waals surface area contributed by atoms with E-state index in [1.54, 1.807) is 20.0 Å². The van der Waals surface area contributed by atoms with Crippen LogP contribution in [0.25, 0.3) is 0 Å². The average molecular weight is 305 g/mol. The molecule has 2 aromatic heterocycles. The third-order valence-electron chi connectivity index (χ3n) is 2.74. The van der Waals surface area contributed by atoms with Crippen molar-refractivity contribution >= 4 is 23.6 Å². The normalized spacial score (nSPS) is 10.1. The Morgan fingerprint density at radius 3 is 2.64 bits per heavy atom. The quantitative estimate of drug-likeness (QED) is 0.812. The summed E-state index contributed by atoms with van der Waals surface area (Å²) >= 11 is 0. The smallest absolute Gasteiger partial charge is 0.358 e. The van der Waals surface area contributed by atoms with Gasteiger partial charge in [0.15, 0.2) is 11.5 Å². The number of methoxy groups -OCH3 is 1. The van der Waals surface area contributed by atoms with Gasteiger partial charge < -0.3 is 14.8 Å². The molecule has 0 bridgehead atoms. The Labute approximate surface area is 126 Å². The Balaban J connectivity index is 2.22. The lowest BCUT2D eigenvalue weighted by Gasteiger charge is -2.08. The first-order valence-corrected chi connectivity index (χ1v) is 6.45. The monoisotopic (exact) mass is 305 g/mol. The largest absolute Gasteiger partial charge is 0.464 e. The van der Waals surface area contributed by atoms with Gasteiger partial charge in [0.1, 0.15) is 11.4 Å². The van der Waals surface area contributed by atoms with Crippen molar-refractivity contribution in [1.82, 2.24) is 20.0 Å². The summed E-state index contributed by atoms with van der Waals surface area (Å²) in [5.41, 5.74) is 0.367. The number of nitrogens with zero attached hydrogens (tertiary/aromatic N) is 4. The van der Waals surface area contributed by atoms with E-state index in [0.29, 0.717) is 11.6 Å². The van der Waals surface area contributed by atoms with Gasteiger partial charge in [0.05, 0.1) is 19.9 Å². The van der Waals surface area contributed by atoms with Crippen LogP contribution in [-0.2, 0) is 16.5 Å². The van der Waals surface area contributed by atoms with E-state index in [-0.39, 0.29) is 17.9 Å². The van der Waals surface area contributed by atoms with E-state index in [1.165, 1.54) is 24.1 Å². The van der Waals surface area contributed by atoms with Crippen molar-refractivity contribution < 1.29 is 19.1 Å². The van der Waals surface area contributed by atoms with E-state index in [2.05, 4.69) is 25.3 Å². The standard InChI is InChI=1S/C13H15N5O4/c1-4-22-12(19)8-7-14-18(2)11(8)15-10-6-5-9(16-17-10)13(20)21-3/h5-7H,4H2,1-3H3,(H,15,17). The molecule has 2 heterocycles. The van der Waals surface area contributed by atoms with E-state index < -0.39 is 11.9 Å². The molecule has 2 rings (SSSR count). The maximum absolute atomic E-state index is 11.8. The predicted molar refractivity (Wildman–Crippen MR) is 75.8 cm³/mol. The predicted octanol–water partition coefficient (Wildman–Crippen LogP) is 0.917. The summed E-state index contributed by atoms with van der Waals surface area (Å²) in [6, 6.07) is 3.00. The summed E-state index contributed by atoms with van der Waals surface area (Å²) < 4.78 is 11.0. The van der Waals surface area contributed by atoms with E-state index in [9.17, 15) is 9.59 Å². The molecule has 0 aromatic carbocycles. The SMILES string of the molecule is CCOC(=O)c1cnn(C)c1Nc1ccc(C(=O)OC)nn1. The summed E-state index contributed by atoms with van der Waals surface area (Å²) in [5.74, 6) is -0.301. The minimum Gasteiger partial charge on any atom is -0.464 e. The van der Waals surface area contributed by atoms with E-state index >= 15 is 0 Å². The molecule has 9 nitrogen and oxygen atoms in total. The number of carbonyl (C=O) groups excluding carboxylic acids is 2. The molecule has 0 fully saturated rings. The fraction of sp³-hybridized carbons (Fsp3) is 0.308. The lowest BCUT2D eigenvalue weighted by Crippen LogP contribution is -2.10. The summed E-state index contributed by atoms with van der Waals surface area (Å²) in [4.78, 5) is 23.1. The molecule has 0 aliphatic heterocycles. The van der Waals surface area contributed by atoms with Gasteiger partial charge in [-0.2, -0.15) is 5.10 Å². The fourth-order valence-corrected chi connectivity index (χ4v) is 1.68. The van der Waals surface area contributed by atoms with Crippen LogP contribution in [0.5, 0.6) is 0 Å². The number of ether oxygens (including phenoxy) is 2. The van der Waals surface area contributed by atoms with Gasteiger partial charge >= 0.3 is 11.9 Å². The van der Waals surface area contributed by atoms with Gasteiger partial charge in [0.2, 0.25) is 0 Å². The highest BCUT2D eigenvalue weighted by Gasteiger charge is 2.18. The minimum absolute atomic E-state index is 0.0867. The molecule has 0 aliphatic rings. The average Bonchev–Trinajstić information content (AvgIpc) is 2.89. The summed E-state index contributed by atoms with van der Waals surface area (Å²) in [6.45, 7) is 1.99. The van der Waals surface area contributed by atoms with Crippen LogP contribution >= 0.6 is 0 Å². The molecule has 1 N–H and O–H groups in total. The Hall–Kier alpha value is -2.97. The van der Waals surface area contributed by atoms with Crippen molar-refractivity contribution in [3.63, 3.8) is 0 Å².